The van der Waals surface area contributed by atoms with E-state index in [4.69, 9.17) is 4.74 Å². The number of likely N-dealkylation sites (N-methyl/N-ethyl adjacent to an activating group) is 1. The van der Waals surface area contributed by atoms with Gasteiger partial charge in [-0.25, -0.2) is 0 Å². The maximum absolute atomic E-state index is 13.0. The van der Waals surface area contributed by atoms with Crippen LogP contribution in [0.15, 0.2) is 54.6 Å². The van der Waals surface area contributed by atoms with Gasteiger partial charge >= 0.3 is 0 Å². The van der Waals surface area contributed by atoms with Gasteiger partial charge in [0.1, 0.15) is 12.4 Å². The summed E-state index contributed by atoms with van der Waals surface area (Å²) in [5, 5.41) is 2.81. The Balaban J connectivity index is 1.58. The molecule has 0 aromatic heterocycles. The molecule has 28 heavy (non-hydrogen) atoms. The highest BCUT2D eigenvalue weighted by atomic mass is 16.5. The molecular formula is C22H27N3O3. The molecule has 0 unspecified atom stereocenters. The standard InChI is InChI=1S/C22H27N3O3/c1-2-23-21(26)16-24-12-14-25(15-13-24)22(27)20-11-7-6-8-18(20)17-28-19-9-4-3-5-10-19/h3-11H,2,12-17H2,1H3,(H,23,26). The second kappa shape index (κ2) is 9.90. The Morgan fingerprint density at radius 3 is 2.36 bits per heavy atom. The molecule has 2 aromatic carbocycles. The predicted octanol–water partition coefficient (Wildman–Crippen LogP) is 2.16. The minimum atomic E-state index is 0.0184. The summed E-state index contributed by atoms with van der Waals surface area (Å²) in [4.78, 5) is 28.7. The molecule has 0 atom stereocenters. The maximum Gasteiger partial charge on any atom is 0.254 e. The summed E-state index contributed by atoms with van der Waals surface area (Å²) in [6.07, 6.45) is 0. The van der Waals surface area contributed by atoms with E-state index < -0.39 is 0 Å². The molecule has 1 fully saturated rings. The van der Waals surface area contributed by atoms with E-state index in [0.29, 0.717) is 51.4 Å². The SMILES string of the molecule is CCNC(=O)CN1CCN(C(=O)c2ccccc2COc2ccccc2)CC1. The molecule has 0 bridgehead atoms. The van der Waals surface area contributed by atoms with Crippen LogP contribution in [0.4, 0.5) is 0 Å². The monoisotopic (exact) mass is 381 g/mol. The molecule has 6 nitrogen and oxygen atoms in total. The number of ether oxygens (including phenoxy) is 1. The second-order valence-electron chi connectivity index (χ2n) is 6.78. The van der Waals surface area contributed by atoms with E-state index in [0.717, 1.165) is 11.3 Å². The third kappa shape index (κ3) is 5.33. The average molecular weight is 381 g/mol. The molecule has 2 aromatic rings. The molecule has 1 aliphatic heterocycles. The number of nitrogens with one attached hydrogen (secondary N) is 1. The van der Waals surface area contributed by atoms with Crippen LogP contribution in [0.2, 0.25) is 0 Å². The van der Waals surface area contributed by atoms with Crippen LogP contribution in [-0.4, -0.2) is 60.9 Å². The van der Waals surface area contributed by atoms with Gasteiger partial charge in [0, 0.05) is 43.9 Å². The molecule has 6 heteroatoms. The summed E-state index contributed by atoms with van der Waals surface area (Å²) < 4.78 is 5.83. The zero-order chi connectivity index (χ0) is 19.8. The van der Waals surface area contributed by atoms with Gasteiger partial charge in [0.15, 0.2) is 0 Å². The number of hydrogen-bond donors (Lipinski definition) is 1. The minimum absolute atomic E-state index is 0.0184. The molecule has 1 heterocycles. The molecule has 2 amide bonds. The van der Waals surface area contributed by atoms with Gasteiger partial charge in [-0.1, -0.05) is 36.4 Å². The number of piperazine rings is 1. The average Bonchev–Trinajstić information content (AvgIpc) is 2.73. The van der Waals surface area contributed by atoms with E-state index in [9.17, 15) is 9.59 Å². The van der Waals surface area contributed by atoms with Gasteiger partial charge in [-0.2, -0.15) is 0 Å². The molecule has 1 aliphatic rings. The molecule has 148 valence electrons. The number of amides is 2. The molecule has 0 aliphatic carbocycles. The van der Waals surface area contributed by atoms with Crippen molar-refractivity contribution in [3.63, 3.8) is 0 Å². The second-order valence-corrected chi connectivity index (χ2v) is 6.78. The first kappa shape index (κ1) is 19.9. The lowest BCUT2D eigenvalue weighted by atomic mass is 10.1. The molecule has 0 radical (unpaired) electrons. The molecule has 0 saturated carbocycles. The van der Waals surface area contributed by atoms with Crippen LogP contribution in [0.1, 0.15) is 22.8 Å². The fourth-order valence-electron chi connectivity index (χ4n) is 3.27. The van der Waals surface area contributed by atoms with E-state index in [1.54, 1.807) is 0 Å². The quantitative estimate of drug-likeness (QED) is 0.798. The molecule has 0 spiro atoms. The van der Waals surface area contributed by atoms with Gasteiger partial charge in [-0.15, -0.1) is 0 Å². The van der Waals surface area contributed by atoms with Crippen LogP contribution in [0.25, 0.3) is 0 Å². The van der Waals surface area contributed by atoms with Gasteiger partial charge in [0.25, 0.3) is 5.91 Å². The van der Waals surface area contributed by atoms with E-state index in [1.807, 2.05) is 66.4 Å². The summed E-state index contributed by atoms with van der Waals surface area (Å²) in [5.41, 5.74) is 1.55. The highest BCUT2D eigenvalue weighted by Gasteiger charge is 2.24. The first-order valence-electron chi connectivity index (χ1n) is 9.71. The Kier molecular flexibility index (Phi) is 7.03. The van der Waals surface area contributed by atoms with Crippen LogP contribution in [0.3, 0.4) is 0 Å². The first-order valence-corrected chi connectivity index (χ1v) is 9.71. The van der Waals surface area contributed by atoms with E-state index in [-0.39, 0.29) is 11.8 Å². The van der Waals surface area contributed by atoms with Gasteiger partial charge in [0.2, 0.25) is 5.91 Å². The van der Waals surface area contributed by atoms with Crippen LogP contribution in [0.5, 0.6) is 5.75 Å². The summed E-state index contributed by atoms with van der Waals surface area (Å²) >= 11 is 0. The van der Waals surface area contributed by atoms with Crippen molar-refractivity contribution in [3.8, 4) is 5.75 Å². The van der Waals surface area contributed by atoms with Gasteiger partial charge < -0.3 is 15.0 Å². The lowest BCUT2D eigenvalue weighted by Gasteiger charge is -2.34. The third-order valence-corrected chi connectivity index (χ3v) is 4.79. The Bertz CT molecular complexity index is 787. The third-order valence-electron chi connectivity index (χ3n) is 4.79. The van der Waals surface area contributed by atoms with E-state index in [1.165, 1.54) is 0 Å². The van der Waals surface area contributed by atoms with Crippen molar-refractivity contribution >= 4 is 11.8 Å². The highest BCUT2D eigenvalue weighted by Crippen LogP contribution is 2.17. The number of carbonyl (C=O) groups excluding carboxylic acids is 2. The minimum Gasteiger partial charge on any atom is -0.489 e. The Morgan fingerprint density at radius 2 is 1.64 bits per heavy atom. The van der Waals surface area contributed by atoms with Crippen molar-refractivity contribution in [2.75, 3.05) is 39.3 Å². The number of benzene rings is 2. The maximum atomic E-state index is 13.0. The lowest BCUT2D eigenvalue weighted by molar-refractivity contribution is -0.122. The number of nitrogens with zero attached hydrogens (tertiary/aromatic N) is 2. The lowest BCUT2D eigenvalue weighted by Crippen LogP contribution is -2.51. The smallest absolute Gasteiger partial charge is 0.254 e. The largest absolute Gasteiger partial charge is 0.489 e. The van der Waals surface area contributed by atoms with Crippen LogP contribution in [0, 0.1) is 0 Å². The number of rotatable bonds is 7. The molecule has 1 N–H and O–H groups in total. The van der Waals surface area contributed by atoms with Crippen LogP contribution < -0.4 is 10.1 Å². The van der Waals surface area contributed by atoms with Gasteiger partial charge in [0.05, 0.1) is 6.54 Å². The predicted molar refractivity (Wildman–Crippen MR) is 108 cm³/mol. The van der Waals surface area contributed by atoms with Crippen molar-refractivity contribution in [2.45, 2.75) is 13.5 Å². The normalized spacial score (nSPS) is 14.5. The highest BCUT2D eigenvalue weighted by molar-refractivity contribution is 5.95. The number of hydrogen-bond acceptors (Lipinski definition) is 4. The topological polar surface area (TPSA) is 61.9 Å². The fraction of sp³-hybridized carbons (Fsp3) is 0.364. The fourth-order valence-corrected chi connectivity index (χ4v) is 3.27. The van der Waals surface area contributed by atoms with Crippen molar-refractivity contribution in [2.24, 2.45) is 0 Å². The van der Waals surface area contributed by atoms with E-state index >= 15 is 0 Å². The molecule has 3 rings (SSSR count). The number of para-hydroxylation sites is 1. The summed E-state index contributed by atoms with van der Waals surface area (Å²) in [6, 6.07) is 17.2. The zero-order valence-electron chi connectivity index (χ0n) is 16.3. The summed E-state index contributed by atoms with van der Waals surface area (Å²) in [5.74, 6) is 0.833. The van der Waals surface area contributed by atoms with Crippen molar-refractivity contribution in [1.29, 1.82) is 0 Å². The van der Waals surface area contributed by atoms with Gasteiger partial charge in [-0.3, -0.25) is 14.5 Å². The summed E-state index contributed by atoms with van der Waals surface area (Å²) in [7, 11) is 0. The van der Waals surface area contributed by atoms with Crippen molar-refractivity contribution in [1.82, 2.24) is 15.1 Å². The molecule has 1 saturated heterocycles. The van der Waals surface area contributed by atoms with Crippen LogP contribution in [-0.2, 0) is 11.4 Å². The Labute approximate surface area is 166 Å². The van der Waals surface area contributed by atoms with Crippen LogP contribution >= 0.6 is 0 Å². The Hall–Kier alpha value is -2.86. The Morgan fingerprint density at radius 1 is 0.964 bits per heavy atom. The summed E-state index contributed by atoms with van der Waals surface area (Å²) in [6.45, 7) is 5.92. The first-order chi connectivity index (χ1) is 13.7. The number of carbonyl (C=O) groups is 2. The van der Waals surface area contributed by atoms with E-state index in [2.05, 4.69) is 10.2 Å². The van der Waals surface area contributed by atoms with Crippen molar-refractivity contribution in [3.05, 3.63) is 65.7 Å². The zero-order valence-corrected chi connectivity index (χ0v) is 16.3. The van der Waals surface area contributed by atoms with Crippen molar-refractivity contribution < 1.29 is 14.3 Å². The van der Waals surface area contributed by atoms with Gasteiger partial charge in [-0.05, 0) is 25.1 Å². The molecular weight excluding hydrogens is 354 g/mol.